The molecule has 0 saturated carbocycles. The summed E-state index contributed by atoms with van der Waals surface area (Å²) in [5.74, 6) is 0.893. The van der Waals surface area contributed by atoms with Gasteiger partial charge in [-0.25, -0.2) is 4.39 Å². The number of ether oxygens (including phenoxy) is 1. The van der Waals surface area contributed by atoms with E-state index in [4.69, 9.17) is 10.5 Å². The molecule has 2 N–H and O–H groups in total. The maximum atomic E-state index is 13.6. The third-order valence-electron chi connectivity index (χ3n) is 4.59. The zero-order chi connectivity index (χ0) is 18.9. The molecule has 1 aromatic rings. The van der Waals surface area contributed by atoms with Crippen molar-refractivity contribution >= 4 is 17.7 Å². The van der Waals surface area contributed by atoms with Crippen molar-refractivity contribution in [3.8, 4) is 0 Å². The van der Waals surface area contributed by atoms with Gasteiger partial charge in [0, 0.05) is 16.7 Å². The van der Waals surface area contributed by atoms with Gasteiger partial charge in [0.05, 0.1) is 12.5 Å². The molecule has 0 spiro atoms. The summed E-state index contributed by atoms with van der Waals surface area (Å²) in [7, 11) is 0. The molecular weight excluding hydrogens is 351 g/mol. The summed E-state index contributed by atoms with van der Waals surface area (Å²) in [5.41, 5.74) is 6.19. The average molecular weight is 383 g/mol. The Balaban J connectivity index is 1.62. The highest BCUT2D eigenvalue weighted by molar-refractivity contribution is 7.99. The number of likely N-dealkylation sites (tertiary alicyclic amines) is 1. The number of nitrogens with zero attached hydrogens (tertiary/aromatic N) is 1. The van der Waals surface area contributed by atoms with Crippen LogP contribution >= 0.6 is 11.8 Å². The third kappa shape index (κ3) is 7.25. The molecule has 0 amide bonds. The topological polar surface area (TPSA) is 55.6 Å². The summed E-state index contributed by atoms with van der Waals surface area (Å²) in [5, 5.41) is 0. The van der Waals surface area contributed by atoms with Crippen molar-refractivity contribution in [3.05, 3.63) is 30.1 Å². The fourth-order valence-electron chi connectivity index (χ4n) is 2.95. The van der Waals surface area contributed by atoms with E-state index in [-0.39, 0.29) is 23.7 Å². The summed E-state index contributed by atoms with van der Waals surface area (Å²) in [6.45, 7) is 7.34. The van der Waals surface area contributed by atoms with E-state index < -0.39 is 0 Å². The van der Waals surface area contributed by atoms with Gasteiger partial charge in [-0.05, 0) is 56.9 Å². The predicted octanol–water partition coefficient (Wildman–Crippen LogP) is 3.55. The second-order valence-corrected chi connectivity index (χ2v) is 8.49. The van der Waals surface area contributed by atoms with Gasteiger partial charge in [-0.3, -0.25) is 4.79 Å². The molecule has 146 valence electrons. The Kier molecular flexibility index (Phi) is 8.88. The smallest absolute Gasteiger partial charge is 0.309 e. The maximum absolute atomic E-state index is 13.6. The minimum Gasteiger partial charge on any atom is -0.465 e. The highest BCUT2D eigenvalue weighted by Crippen LogP contribution is 2.23. The summed E-state index contributed by atoms with van der Waals surface area (Å²) < 4.78 is 19.0. The number of esters is 1. The Labute approximate surface area is 160 Å². The number of thioether (sulfide) groups is 1. The number of halogens is 1. The number of carbonyl (C=O) groups is 1. The minimum atomic E-state index is -0.184. The highest BCUT2D eigenvalue weighted by atomic mass is 32.2. The number of rotatable bonds is 9. The SMILES string of the molecule is CC(C)COC(=O)C1CCN(CCC(N)CSc2ccccc2F)CC1. The van der Waals surface area contributed by atoms with E-state index >= 15 is 0 Å². The summed E-state index contributed by atoms with van der Waals surface area (Å²) in [6.07, 6.45) is 2.59. The summed E-state index contributed by atoms with van der Waals surface area (Å²) >= 11 is 1.47. The molecule has 1 atom stereocenters. The van der Waals surface area contributed by atoms with E-state index in [0.29, 0.717) is 23.2 Å². The Hall–Kier alpha value is -1.11. The number of nitrogens with two attached hydrogens (primary N) is 1. The molecule has 1 saturated heterocycles. The van der Waals surface area contributed by atoms with Gasteiger partial charge in [0.15, 0.2) is 0 Å². The normalized spacial score (nSPS) is 17.4. The lowest BCUT2D eigenvalue weighted by molar-refractivity contribution is -0.151. The molecule has 4 nitrogen and oxygen atoms in total. The minimum absolute atomic E-state index is 0.0355. The third-order valence-corrected chi connectivity index (χ3v) is 5.82. The van der Waals surface area contributed by atoms with Crippen LogP contribution in [0.1, 0.15) is 33.1 Å². The molecule has 6 heteroatoms. The van der Waals surface area contributed by atoms with Crippen molar-refractivity contribution in [2.24, 2.45) is 17.6 Å². The first-order chi connectivity index (χ1) is 12.5. The molecule has 1 aromatic carbocycles. The van der Waals surface area contributed by atoms with Gasteiger partial charge < -0.3 is 15.4 Å². The zero-order valence-corrected chi connectivity index (χ0v) is 16.6. The Morgan fingerprint density at radius 2 is 2.04 bits per heavy atom. The van der Waals surface area contributed by atoms with Crippen molar-refractivity contribution in [1.29, 1.82) is 0 Å². The molecule has 1 heterocycles. The lowest BCUT2D eigenvalue weighted by atomic mass is 9.96. The predicted molar refractivity (Wildman–Crippen MR) is 105 cm³/mol. The maximum Gasteiger partial charge on any atom is 0.309 e. The summed E-state index contributed by atoms with van der Waals surface area (Å²) in [4.78, 5) is 15.0. The Bertz CT molecular complexity index is 562. The quantitative estimate of drug-likeness (QED) is 0.523. The molecule has 0 radical (unpaired) electrons. The van der Waals surface area contributed by atoms with Crippen molar-refractivity contribution in [1.82, 2.24) is 4.90 Å². The van der Waals surface area contributed by atoms with Crippen molar-refractivity contribution < 1.29 is 13.9 Å². The number of benzene rings is 1. The van der Waals surface area contributed by atoms with E-state index in [0.717, 1.165) is 38.9 Å². The van der Waals surface area contributed by atoms with Gasteiger partial charge in [-0.1, -0.05) is 26.0 Å². The second-order valence-electron chi connectivity index (χ2n) is 7.43. The van der Waals surface area contributed by atoms with Crippen LogP contribution in [0.25, 0.3) is 0 Å². The van der Waals surface area contributed by atoms with Gasteiger partial charge in [0.1, 0.15) is 5.82 Å². The highest BCUT2D eigenvalue weighted by Gasteiger charge is 2.26. The Morgan fingerprint density at radius 1 is 1.35 bits per heavy atom. The zero-order valence-electron chi connectivity index (χ0n) is 15.8. The van der Waals surface area contributed by atoms with Gasteiger partial charge in [-0.15, -0.1) is 11.8 Å². The molecule has 2 rings (SSSR count). The number of hydrogen-bond acceptors (Lipinski definition) is 5. The monoisotopic (exact) mass is 382 g/mol. The fraction of sp³-hybridized carbons (Fsp3) is 0.650. The van der Waals surface area contributed by atoms with E-state index in [2.05, 4.69) is 4.90 Å². The fourth-order valence-corrected chi connectivity index (χ4v) is 3.89. The number of piperidine rings is 1. The van der Waals surface area contributed by atoms with Crippen LogP contribution in [-0.4, -0.2) is 48.9 Å². The van der Waals surface area contributed by atoms with Crippen LogP contribution in [0.2, 0.25) is 0 Å². The molecule has 0 bridgehead atoms. The van der Waals surface area contributed by atoms with Crippen LogP contribution in [0.3, 0.4) is 0 Å². The van der Waals surface area contributed by atoms with E-state index in [9.17, 15) is 9.18 Å². The first-order valence-corrected chi connectivity index (χ1v) is 10.5. The van der Waals surface area contributed by atoms with Crippen LogP contribution in [-0.2, 0) is 9.53 Å². The van der Waals surface area contributed by atoms with Gasteiger partial charge >= 0.3 is 5.97 Å². The van der Waals surface area contributed by atoms with Crippen LogP contribution in [0.4, 0.5) is 4.39 Å². The van der Waals surface area contributed by atoms with Crippen LogP contribution in [0, 0.1) is 17.7 Å². The van der Waals surface area contributed by atoms with Crippen LogP contribution in [0.15, 0.2) is 29.2 Å². The molecule has 1 unspecified atom stereocenters. The number of carbonyl (C=O) groups excluding carboxylic acids is 1. The van der Waals surface area contributed by atoms with Crippen molar-refractivity contribution in [3.63, 3.8) is 0 Å². The van der Waals surface area contributed by atoms with Crippen LogP contribution in [0.5, 0.6) is 0 Å². The van der Waals surface area contributed by atoms with Crippen LogP contribution < -0.4 is 5.73 Å². The molecule has 1 aliphatic rings. The molecule has 26 heavy (non-hydrogen) atoms. The van der Waals surface area contributed by atoms with Gasteiger partial charge in [-0.2, -0.15) is 0 Å². The van der Waals surface area contributed by atoms with Gasteiger partial charge in [0.2, 0.25) is 0 Å². The van der Waals surface area contributed by atoms with E-state index in [1.54, 1.807) is 12.1 Å². The number of hydrogen-bond donors (Lipinski definition) is 1. The largest absolute Gasteiger partial charge is 0.465 e. The Morgan fingerprint density at radius 3 is 2.69 bits per heavy atom. The van der Waals surface area contributed by atoms with E-state index in [1.807, 2.05) is 19.9 Å². The standard InChI is InChI=1S/C20H31FN2O2S/c1-15(2)13-25-20(24)16-7-10-23(11-8-16)12-9-17(22)14-26-19-6-4-3-5-18(19)21/h3-6,15-17H,7-14,22H2,1-2H3. The molecule has 1 fully saturated rings. The van der Waals surface area contributed by atoms with E-state index in [1.165, 1.54) is 17.8 Å². The van der Waals surface area contributed by atoms with Gasteiger partial charge in [0.25, 0.3) is 0 Å². The lowest BCUT2D eigenvalue weighted by Gasteiger charge is -2.31. The first kappa shape index (κ1) is 21.2. The molecular formula is C20H31FN2O2S. The lowest BCUT2D eigenvalue weighted by Crippen LogP contribution is -2.39. The summed E-state index contributed by atoms with van der Waals surface area (Å²) in [6, 6.07) is 6.84. The average Bonchev–Trinajstić information content (AvgIpc) is 2.64. The molecule has 0 aliphatic carbocycles. The first-order valence-electron chi connectivity index (χ1n) is 9.47. The molecule has 0 aromatic heterocycles. The molecule has 1 aliphatic heterocycles. The van der Waals surface area contributed by atoms with Crippen molar-refractivity contribution in [2.45, 2.75) is 44.0 Å². The van der Waals surface area contributed by atoms with Crippen molar-refractivity contribution in [2.75, 3.05) is 32.0 Å². The second kappa shape index (κ2) is 10.9.